The standard InChI is InChI=1S/C15H29NOS/c1-12(16)10-14(2,3)13-4-7-17-15(11-13)5-8-18-9-6-15/h12-13H,4-11,16H2,1-3H3. The first-order chi connectivity index (χ1) is 8.44. The van der Waals surface area contributed by atoms with Gasteiger partial charge >= 0.3 is 0 Å². The predicted molar refractivity (Wildman–Crippen MR) is 80.0 cm³/mol. The molecule has 2 atom stereocenters. The normalized spacial score (nSPS) is 30.3. The summed E-state index contributed by atoms with van der Waals surface area (Å²) in [7, 11) is 0. The number of ether oxygens (including phenoxy) is 1. The molecule has 2 rings (SSSR count). The van der Waals surface area contributed by atoms with Crippen molar-refractivity contribution in [1.82, 2.24) is 0 Å². The maximum atomic E-state index is 6.19. The first-order valence-electron chi connectivity index (χ1n) is 7.41. The molecule has 0 aromatic carbocycles. The molecule has 0 bridgehead atoms. The quantitative estimate of drug-likeness (QED) is 0.854. The van der Waals surface area contributed by atoms with E-state index in [2.05, 4.69) is 32.5 Å². The Labute approximate surface area is 116 Å². The average molecular weight is 271 g/mol. The molecular formula is C15H29NOS. The second-order valence-corrected chi connectivity index (χ2v) is 8.23. The van der Waals surface area contributed by atoms with Gasteiger partial charge in [0.25, 0.3) is 0 Å². The lowest BCUT2D eigenvalue weighted by molar-refractivity contribution is -0.121. The Morgan fingerprint density at radius 2 is 2.06 bits per heavy atom. The molecule has 0 saturated carbocycles. The highest BCUT2D eigenvalue weighted by molar-refractivity contribution is 7.99. The van der Waals surface area contributed by atoms with Crippen molar-refractivity contribution in [3.8, 4) is 0 Å². The summed E-state index contributed by atoms with van der Waals surface area (Å²) in [6.45, 7) is 7.89. The highest BCUT2D eigenvalue weighted by atomic mass is 32.2. The summed E-state index contributed by atoms with van der Waals surface area (Å²) in [5.41, 5.74) is 6.59. The van der Waals surface area contributed by atoms with E-state index < -0.39 is 0 Å². The molecular weight excluding hydrogens is 242 g/mol. The van der Waals surface area contributed by atoms with E-state index >= 15 is 0 Å². The van der Waals surface area contributed by atoms with Gasteiger partial charge in [0.2, 0.25) is 0 Å². The fraction of sp³-hybridized carbons (Fsp3) is 1.00. The van der Waals surface area contributed by atoms with Crippen molar-refractivity contribution in [3.63, 3.8) is 0 Å². The van der Waals surface area contributed by atoms with Gasteiger partial charge in [-0.25, -0.2) is 0 Å². The zero-order valence-electron chi connectivity index (χ0n) is 12.2. The van der Waals surface area contributed by atoms with Crippen molar-refractivity contribution < 1.29 is 4.74 Å². The van der Waals surface area contributed by atoms with Crippen LogP contribution in [0.2, 0.25) is 0 Å². The molecule has 106 valence electrons. The van der Waals surface area contributed by atoms with Crippen molar-refractivity contribution in [2.24, 2.45) is 17.1 Å². The Kier molecular flexibility index (Phi) is 4.66. The third kappa shape index (κ3) is 3.43. The largest absolute Gasteiger partial charge is 0.375 e. The van der Waals surface area contributed by atoms with E-state index in [-0.39, 0.29) is 5.60 Å². The van der Waals surface area contributed by atoms with Crippen LogP contribution in [0.15, 0.2) is 0 Å². The summed E-state index contributed by atoms with van der Waals surface area (Å²) in [6, 6.07) is 0.306. The van der Waals surface area contributed by atoms with Gasteiger partial charge < -0.3 is 10.5 Å². The van der Waals surface area contributed by atoms with E-state index in [0.717, 1.165) is 18.9 Å². The molecule has 2 unspecified atom stereocenters. The van der Waals surface area contributed by atoms with Crippen molar-refractivity contribution in [2.45, 2.75) is 64.5 Å². The summed E-state index contributed by atoms with van der Waals surface area (Å²) in [6.07, 6.45) is 6.11. The molecule has 2 heterocycles. The molecule has 0 aromatic heterocycles. The summed E-state index contributed by atoms with van der Waals surface area (Å²) in [5.74, 6) is 3.33. The topological polar surface area (TPSA) is 35.2 Å². The fourth-order valence-electron chi connectivity index (χ4n) is 3.78. The van der Waals surface area contributed by atoms with Gasteiger partial charge in [-0.2, -0.15) is 11.8 Å². The molecule has 2 N–H and O–H groups in total. The molecule has 2 saturated heterocycles. The lowest BCUT2D eigenvalue weighted by Gasteiger charge is -2.48. The van der Waals surface area contributed by atoms with Gasteiger partial charge in [-0.15, -0.1) is 0 Å². The Balaban J connectivity index is 2.01. The highest BCUT2D eigenvalue weighted by Crippen LogP contribution is 2.46. The SMILES string of the molecule is CC(N)CC(C)(C)C1CCOC2(CCSCC2)C1. The van der Waals surface area contributed by atoms with Crippen LogP contribution in [0, 0.1) is 11.3 Å². The van der Waals surface area contributed by atoms with Crippen LogP contribution in [0.4, 0.5) is 0 Å². The van der Waals surface area contributed by atoms with E-state index in [9.17, 15) is 0 Å². The van der Waals surface area contributed by atoms with E-state index in [0.29, 0.717) is 11.5 Å². The minimum Gasteiger partial charge on any atom is -0.375 e. The Morgan fingerprint density at radius 3 is 2.67 bits per heavy atom. The van der Waals surface area contributed by atoms with Crippen molar-refractivity contribution in [1.29, 1.82) is 0 Å². The van der Waals surface area contributed by atoms with Gasteiger partial charge in [0, 0.05) is 12.6 Å². The zero-order valence-corrected chi connectivity index (χ0v) is 13.0. The number of hydrogen-bond acceptors (Lipinski definition) is 3. The van der Waals surface area contributed by atoms with Crippen LogP contribution in [0.5, 0.6) is 0 Å². The van der Waals surface area contributed by atoms with Crippen LogP contribution in [-0.2, 0) is 4.74 Å². The predicted octanol–water partition coefficient (Wildman–Crippen LogP) is 3.44. The smallest absolute Gasteiger partial charge is 0.0701 e. The van der Waals surface area contributed by atoms with Gasteiger partial charge in [-0.3, -0.25) is 0 Å². The summed E-state index contributed by atoms with van der Waals surface area (Å²) < 4.78 is 6.19. The van der Waals surface area contributed by atoms with Crippen molar-refractivity contribution in [2.75, 3.05) is 18.1 Å². The zero-order chi connectivity index (χ0) is 13.2. The summed E-state index contributed by atoms with van der Waals surface area (Å²) in [4.78, 5) is 0. The van der Waals surface area contributed by atoms with Crippen LogP contribution in [0.3, 0.4) is 0 Å². The van der Waals surface area contributed by atoms with Crippen molar-refractivity contribution in [3.05, 3.63) is 0 Å². The lowest BCUT2D eigenvalue weighted by Crippen LogP contribution is -2.46. The van der Waals surface area contributed by atoms with Gasteiger partial charge in [0.1, 0.15) is 0 Å². The second kappa shape index (κ2) is 5.72. The maximum absolute atomic E-state index is 6.19. The number of rotatable bonds is 3. The van der Waals surface area contributed by atoms with E-state index in [4.69, 9.17) is 10.5 Å². The fourth-order valence-corrected chi connectivity index (χ4v) is 5.02. The van der Waals surface area contributed by atoms with E-state index in [1.165, 1.54) is 37.2 Å². The summed E-state index contributed by atoms with van der Waals surface area (Å²) in [5, 5.41) is 0. The summed E-state index contributed by atoms with van der Waals surface area (Å²) >= 11 is 2.08. The Morgan fingerprint density at radius 1 is 1.39 bits per heavy atom. The van der Waals surface area contributed by atoms with Gasteiger partial charge in [-0.05, 0) is 61.9 Å². The van der Waals surface area contributed by atoms with Gasteiger partial charge in [0.15, 0.2) is 0 Å². The number of hydrogen-bond donors (Lipinski definition) is 1. The van der Waals surface area contributed by atoms with E-state index in [1.54, 1.807) is 0 Å². The van der Waals surface area contributed by atoms with E-state index in [1.807, 2.05) is 0 Å². The lowest BCUT2D eigenvalue weighted by atomic mass is 9.67. The third-order valence-electron chi connectivity index (χ3n) is 4.85. The molecule has 0 amide bonds. The van der Waals surface area contributed by atoms with Crippen LogP contribution in [-0.4, -0.2) is 29.8 Å². The molecule has 0 aromatic rings. The number of nitrogens with two attached hydrogens (primary N) is 1. The molecule has 2 nitrogen and oxygen atoms in total. The van der Waals surface area contributed by atoms with Gasteiger partial charge in [-0.1, -0.05) is 13.8 Å². The molecule has 3 heteroatoms. The minimum atomic E-state index is 0.212. The minimum absolute atomic E-state index is 0.212. The highest BCUT2D eigenvalue weighted by Gasteiger charge is 2.43. The van der Waals surface area contributed by atoms with Crippen molar-refractivity contribution >= 4 is 11.8 Å². The van der Waals surface area contributed by atoms with Crippen LogP contribution >= 0.6 is 11.8 Å². The maximum Gasteiger partial charge on any atom is 0.0701 e. The molecule has 2 aliphatic heterocycles. The Hall–Kier alpha value is 0.270. The first-order valence-corrected chi connectivity index (χ1v) is 8.56. The van der Waals surface area contributed by atoms with Crippen LogP contribution in [0.1, 0.15) is 52.9 Å². The first kappa shape index (κ1) is 14.7. The Bertz CT molecular complexity index is 266. The van der Waals surface area contributed by atoms with Crippen LogP contribution < -0.4 is 5.73 Å². The molecule has 18 heavy (non-hydrogen) atoms. The molecule has 0 aliphatic carbocycles. The second-order valence-electron chi connectivity index (χ2n) is 7.00. The molecule has 2 fully saturated rings. The average Bonchev–Trinajstić information content (AvgIpc) is 2.28. The van der Waals surface area contributed by atoms with Gasteiger partial charge in [0.05, 0.1) is 5.60 Å². The molecule has 2 aliphatic rings. The monoisotopic (exact) mass is 271 g/mol. The number of thioether (sulfide) groups is 1. The molecule has 1 spiro atoms. The van der Waals surface area contributed by atoms with Crippen LogP contribution in [0.25, 0.3) is 0 Å². The third-order valence-corrected chi connectivity index (χ3v) is 5.84. The molecule has 0 radical (unpaired) electrons.